The average Bonchev–Trinajstić information content (AvgIpc) is 3.19. The van der Waals surface area contributed by atoms with Gasteiger partial charge in [-0.3, -0.25) is 9.69 Å². The topological polar surface area (TPSA) is 42.4 Å². The Bertz CT molecular complexity index is 976. The molecule has 7 heteroatoms. The molecule has 0 aliphatic carbocycles. The van der Waals surface area contributed by atoms with Gasteiger partial charge in [0.1, 0.15) is 5.75 Å². The van der Waals surface area contributed by atoms with Gasteiger partial charge in [0.25, 0.3) is 5.91 Å². The second-order valence-corrected chi connectivity index (χ2v) is 6.79. The van der Waals surface area contributed by atoms with Gasteiger partial charge in [-0.2, -0.15) is 0 Å². The zero-order valence-electron chi connectivity index (χ0n) is 15.1. The first kappa shape index (κ1) is 19.7. The molecule has 28 heavy (non-hydrogen) atoms. The molecule has 1 atom stereocenters. The maximum atomic E-state index is 13.4. The molecule has 1 aromatic heterocycles. The first-order valence-electron chi connectivity index (χ1n) is 8.54. The summed E-state index contributed by atoms with van der Waals surface area (Å²) in [6.07, 6.45) is 0.667. The maximum absolute atomic E-state index is 13.4. The largest absolute Gasteiger partial charge is 0.481 e. The summed E-state index contributed by atoms with van der Waals surface area (Å²) in [7, 11) is 0. The maximum Gasteiger partial charge on any atom is 0.269 e. The van der Waals surface area contributed by atoms with E-state index in [-0.39, 0.29) is 18.2 Å². The molecule has 0 spiro atoms. The van der Waals surface area contributed by atoms with Crippen molar-refractivity contribution in [2.45, 2.75) is 13.0 Å². The molecule has 0 radical (unpaired) electrons. The van der Waals surface area contributed by atoms with Crippen molar-refractivity contribution in [3.8, 4) is 17.0 Å². The van der Waals surface area contributed by atoms with Crippen LogP contribution in [0.4, 0.5) is 13.9 Å². The zero-order valence-corrected chi connectivity index (χ0v) is 16.0. The van der Waals surface area contributed by atoms with E-state index >= 15 is 0 Å². The number of carbonyl (C=O) groups excluding carboxylic acids is 1. The van der Waals surface area contributed by atoms with E-state index < -0.39 is 17.7 Å². The summed E-state index contributed by atoms with van der Waals surface area (Å²) in [6.45, 7) is 5.48. The number of aromatic nitrogens is 1. The van der Waals surface area contributed by atoms with E-state index in [2.05, 4.69) is 11.6 Å². The number of hydrogen-bond acceptors (Lipinski definition) is 4. The number of ether oxygens (including phenoxy) is 1. The molecule has 0 N–H and O–H groups in total. The summed E-state index contributed by atoms with van der Waals surface area (Å²) in [5, 5.41) is 2.37. The highest BCUT2D eigenvalue weighted by Crippen LogP contribution is 2.28. The molecule has 3 aromatic rings. The van der Waals surface area contributed by atoms with Crippen LogP contribution in [-0.2, 0) is 4.79 Å². The molecular formula is C21H18F2N2O2S. The number of rotatable bonds is 7. The van der Waals surface area contributed by atoms with Crippen molar-refractivity contribution in [1.82, 2.24) is 4.98 Å². The molecule has 2 aromatic carbocycles. The van der Waals surface area contributed by atoms with Gasteiger partial charge in [-0.1, -0.05) is 36.4 Å². The Hall–Kier alpha value is -3.06. The van der Waals surface area contributed by atoms with Crippen LogP contribution >= 0.6 is 11.3 Å². The first-order chi connectivity index (χ1) is 13.5. The van der Waals surface area contributed by atoms with Crippen molar-refractivity contribution < 1.29 is 18.3 Å². The third kappa shape index (κ3) is 4.43. The first-order valence-corrected chi connectivity index (χ1v) is 9.42. The highest BCUT2D eigenvalue weighted by atomic mass is 32.1. The van der Waals surface area contributed by atoms with Crippen molar-refractivity contribution in [2.24, 2.45) is 0 Å². The SMILES string of the molecule is C=CCN(C(=O)C(C)Oc1ccc(F)c(F)c1)c1nc(-c2ccccc2)cs1. The second kappa shape index (κ2) is 8.75. The fraction of sp³-hybridized carbons (Fsp3) is 0.143. The van der Waals surface area contributed by atoms with Gasteiger partial charge < -0.3 is 4.74 Å². The summed E-state index contributed by atoms with van der Waals surface area (Å²) in [6, 6.07) is 12.8. The molecule has 0 aliphatic heterocycles. The van der Waals surface area contributed by atoms with E-state index in [4.69, 9.17) is 4.74 Å². The van der Waals surface area contributed by atoms with Gasteiger partial charge >= 0.3 is 0 Å². The van der Waals surface area contributed by atoms with Gasteiger partial charge in [0, 0.05) is 23.6 Å². The van der Waals surface area contributed by atoms with Crippen molar-refractivity contribution in [1.29, 1.82) is 0 Å². The minimum absolute atomic E-state index is 0.0717. The number of amides is 1. The monoisotopic (exact) mass is 400 g/mol. The van der Waals surface area contributed by atoms with Crippen LogP contribution < -0.4 is 9.64 Å². The number of benzene rings is 2. The molecule has 0 fully saturated rings. The molecule has 0 saturated carbocycles. The lowest BCUT2D eigenvalue weighted by Crippen LogP contribution is -2.40. The Balaban J connectivity index is 1.79. The zero-order chi connectivity index (χ0) is 20.1. The molecular weight excluding hydrogens is 382 g/mol. The van der Waals surface area contributed by atoms with Crippen LogP contribution in [0.1, 0.15) is 6.92 Å². The van der Waals surface area contributed by atoms with Crippen molar-refractivity contribution in [3.05, 3.63) is 78.2 Å². The number of carbonyl (C=O) groups is 1. The Kier molecular flexibility index (Phi) is 6.16. The normalized spacial score (nSPS) is 11.7. The Morgan fingerprint density at radius 3 is 2.68 bits per heavy atom. The van der Waals surface area contributed by atoms with E-state index in [0.29, 0.717) is 5.13 Å². The number of thiazole rings is 1. The predicted molar refractivity (Wildman–Crippen MR) is 107 cm³/mol. The van der Waals surface area contributed by atoms with E-state index in [1.54, 1.807) is 13.0 Å². The molecule has 3 rings (SSSR count). The summed E-state index contributed by atoms with van der Waals surface area (Å²) in [4.78, 5) is 18.9. The van der Waals surface area contributed by atoms with Crippen LogP contribution in [0.3, 0.4) is 0 Å². The fourth-order valence-corrected chi connectivity index (χ4v) is 3.39. The standard InChI is InChI=1S/C21H18F2N2O2S/c1-3-11-25(21-24-19(13-28-21)15-7-5-4-6-8-15)20(26)14(2)27-16-9-10-17(22)18(23)12-16/h3-10,12-14H,1,11H2,2H3. The van der Waals surface area contributed by atoms with Crippen LogP contribution in [0.15, 0.2) is 66.6 Å². The van der Waals surface area contributed by atoms with Gasteiger partial charge in [-0.15, -0.1) is 17.9 Å². The van der Waals surface area contributed by atoms with Crippen LogP contribution in [-0.4, -0.2) is 23.5 Å². The minimum Gasteiger partial charge on any atom is -0.481 e. The van der Waals surface area contributed by atoms with Crippen LogP contribution in [0, 0.1) is 11.6 Å². The van der Waals surface area contributed by atoms with E-state index in [1.807, 2.05) is 35.7 Å². The summed E-state index contributed by atoms with van der Waals surface area (Å²) in [5.74, 6) is -2.30. The summed E-state index contributed by atoms with van der Waals surface area (Å²) < 4.78 is 31.9. The van der Waals surface area contributed by atoms with Gasteiger partial charge in [0.05, 0.1) is 5.69 Å². The molecule has 4 nitrogen and oxygen atoms in total. The number of nitrogens with zero attached hydrogens (tertiary/aromatic N) is 2. The Morgan fingerprint density at radius 1 is 1.25 bits per heavy atom. The molecule has 144 valence electrons. The second-order valence-electron chi connectivity index (χ2n) is 5.95. The summed E-state index contributed by atoms with van der Waals surface area (Å²) in [5.41, 5.74) is 1.71. The molecule has 1 heterocycles. The minimum atomic E-state index is -1.03. The van der Waals surface area contributed by atoms with Crippen molar-refractivity contribution in [3.63, 3.8) is 0 Å². The highest BCUT2D eigenvalue weighted by Gasteiger charge is 2.25. The van der Waals surface area contributed by atoms with Crippen molar-refractivity contribution in [2.75, 3.05) is 11.4 Å². The van der Waals surface area contributed by atoms with Gasteiger partial charge in [0.2, 0.25) is 0 Å². The lowest BCUT2D eigenvalue weighted by molar-refractivity contribution is -0.124. The molecule has 0 bridgehead atoms. The number of hydrogen-bond donors (Lipinski definition) is 0. The quantitative estimate of drug-likeness (QED) is 0.520. The Labute approximate surface area is 165 Å². The molecule has 1 unspecified atom stereocenters. The Morgan fingerprint density at radius 2 is 2.00 bits per heavy atom. The predicted octanol–water partition coefficient (Wildman–Crippen LogP) is 5.07. The molecule has 0 aliphatic rings. The number of anilines is 1. The van der Waals surface area contributed by atoms with E-state index in [1.165, 1.54) is 22.3 Å². The molecule has 1 amide bonds. The van der Waals surface area contributed by atoms with Crippen LogP contribution in [0.25, 0.3) is 11.3 Å². The lowest BCUT2D eigenvalue weighted by atomic mass is 10.2. The fourth-order valence-electron chi connectivity index (χ4n) is 2.55. The van der Waals surface area contributed by atoms with Gasteiger partial charge in [0.15, 0.2) is 22.9 Å². The van der Waals surface area contributed by atoms with Crippen LogP contribution in [0.5, 0.6) is 5.75 Å². The average molecular weight is 400 g/mol. The highest BCUT2D eigenvalue weighted by molar-refractivity contribution is 7.14. The summed E-state index contributed by atoms with van der Waals surface area (Å²) >= 11 is 1.33. The van der Waals surface area contributed by atoms with E-state index in [9.17, 15) is 13.6 Å². The third-order valence-corrected chi connectivity index (χ3v) is 4.79. The number of halogens is 2. The van der Waals surface area contributed by atoms with Crippen LogP contribution in [0.2, 0.25) is 0 Å². The van der Waals surface area contributed by atoms with Gasteiger partial charge in [-0.05, 0) is 19.1 Å². The third-order valence-electron chi connectivity index (χ3n) is 3.92. The molecule has 0 saturated heterocycles. The van der Waals surface area contributed by atoms with E-state index in [0.717, 1.165) is 23.4 Å². The van der Waals surface area contributed by atoms with Crippen molar-refractivity contribution >= 4 is 22.4 Å². The smallest absolute Gasteiger partial charge is 0.269 e. The van der Waals surface area contributed by atoms with Gasteiger partial charge in [-0.25, -0.2) is 13.8 Å². The lowest BCUT2D eigenvalue weighted by Gasteiger charge is -2.22.